The summed E-state index contributed by atoms with van der Waals surface area (Å²) in [7, 11) is 0. The Labute approximate surface area is 149 Å². The van der Waals surface area contributed by atoms with E-state index in [2.05, 4.69) is 89.8 Å². The number of rotatable bonds is 5. The van der Waals surface area contributed by atoms with E-state index >= 15 is 0 Å². The molecule has 2 heteroatoms. The second-order valence-electron chi connectivity index (χ2n) is 6.44. The van der Waals surface area contributed by atoms with Gasteiger partial charge >= 0.3 is 0 Å². The van der Waals surface area contributed by atoms with Crippen molar-refractivity contribution in [3.8, 4) is 0 Å². The van der Waals surface area contributed by atoms with Gasteiger partial charge in [-0.15, -0.1) is 0 Å². The second-order valence-corrected chi connectivity index (χ2v) is 6.44. The van der Waals surface area contributed by atoms with Crippen molar-refractivity contribution in [2.24, 2.45) is 4.99 Å². The minimum atomic E-state index is 0.929. The minimum absolute atomic E-state index is 0.929. The maximum atomic E-state index is 4.97. The molecule has 4 rings (SSSR count). The number of para-hydroxylation sites is 1. The van der Waals surface area contributed by atoms with E-state index in [0.717, 1.165) is 37.5 Å². The lowest BCUT2D eigenvalue weighted by Gasteiger charge is -2.31. The Kier molecular flexibility index (Phi) is 4.60. The molecule has 25 heavy (non-hydrogen) atoms. The topological polar surface area (TPSA) is 15.6 Å². The van der Waals surface area contributed by atoms with Gasteiger partial charge in [0.2, 0.25) is 0 Å². The molecule has 3 aromatic rings. The summed E-state index contributed by atoms with van der Waals surface area (Å²) in [4.78, 5) is 7.38. The minimum Gasteiger partial charge on any atom is -0.352 e. The highest BCUT2D eigenvalue weighted by Crippen LogP contribution is 2.28. The Bertz CT molecular complexity index is 854. The van der Waals surface area contributed by atoms with E-state index in [-0.39, 0.29) is 0 Å². The van der Waals surface area contributed by atoms with Crippen LogP contribution in [0.15, 0.2) is 89.9 Å². The SMILES string of the molecule is c1ccc(CCCN2Cc3ccccc3N=C2c2ccccc2)cc1. The first-order valence-electron chi connectivity index (χ1n) is 8.91. The Morgan fingerprint density at radius 3 is 2.24 bits per heavy atom. The summed E-state index contributed by atoms with van der Waals surface area (Å²) in [5, 5.41) is 0. The van der Waals surface area contributed by atoms with Crippen molar-refractivity contribution >= 4 is 11.5 Å². The quantitative estimate of drug-likeness (QED) is 0.628. The lowest BCUT2D eigenvalue weighted by atomic mass is 10.1. The van der Waals surface area contributed by atoms with E-state index in [0.29, 0.717) is 0 Å². The molecular weight excluding hydrogens is 304 g/mol. The first-order chi connectivity index (χ1) is 12.4. The lowest BCUT2D eigenvalue weighted by Crippen LogP contribution is -2.34. The summed E-state index contributed by atoms with van der Waals surface area (Å²) >= 11 is 0. The Balaban J connectivity index is 1.55. The molecule has 0 saturated heterocycles. The fourth-order valence-electron chi connectivity index (χ4n) is 3.36. The maximum absolute atomic E-state index is 4.97. The number of aliphatic imine (C=N–C) groups is 1. The number of benzene rings is 3. The normalized spacial score (nSPS) is 13.3. The molecule has 1 aliphatic rings. The Morgan fingerprint density at radius 2 is 1.44 bits per heavy atom. The van der Waals surface area contributed by atoms with E-state index in [1.54, 1.807) is 0 Å². The van der Waals surface area contributed by atoms with Crippen LogP contribution in [0.2, 0.25) is 0 Å². The average molecular weight is 326 g/mol. The van der Waals surface area contributed by atoms with Gasteiger partial charge in [0.1, 0.15) is 5.84 Å². The Morgan fingerprint density at radius 1 is 0.760 bits per heavy atom. The molecule has 0 unspecified atom stereocenters. The van der Waals surface area contributed by atoms with Gasteiger partial charge < -0.3 is 4.90 Å². The van der Waals surface area contributed by atoms with Crippen LogP contribution < -0.4 is 0 Å². The molecule has 0 N–H and O–H groups in total. The molecule has 0 radical (unpaired) electrons. The summed E-state index contributed by atoms with van der Waals surface area (Å²) in [6.45, 7) is 1.94. The van der Waals surface area contributed by atoms with Crippen LogP contribution in [0.1, 0.15) is 23.1 Å². The Hall–Kier alpha value is -2.87. The van der Waals surface area contributed by atoms with Crippen molar-refractivity contribution < 1.29 is 0 Å². The molecule has 2 nitrogen and oxygen atoms in total. The van der Waals surface area contributed by atoms with Crippen LogP contribution >= 0.6 is 0 Å². The average Bonchev–Trinajstić information content (AvgIpc) is 2.69. The molecule has 0 fully saturated rings. The number of nitrogens with zero attached hydrogens (tertiary/aromatic N) is 2. The number of fused-ring (bicyclic) bond motifs is 1. The highest BCUT2D eigenvalue weighted by atomic mass is 15.2. The molecule has 0 amide bonds. The number of amidine groups is 1. The largest absolute Gasteiger partial charge is 0.352 e. The highest BCUT2D eigenvalue weighted by Gasteiger charge is 2.20. The van der Waals surface area contributed by atoms with Crippen LogP contribution in [-0.2, 0) is 13.0 Å². The van der Waals surface area contributed by atoms with Crippen molar-refractivity contribution in [1.29, 1.82) is 0 Å². The molecule has 0 aromatic heterocycles. The molecule has 0 saturated carbocycles. The zero-order valence-corrected chi connectivity index (χ0v) is 14.3. The zero-order chi connectivity index (χ0) is 16.9. The van der Waals surface area contributed by atoms with Gasteiger partial charge in [0.05, 0.1) is 5.69 Å². The van der Waals surface area contributed by atoms with Crippen molar-refractivity contribution in [2.75, 3.05) is 6.54 Å². The molecule has 0 aliphatic carbocycles. The summed E-state index contributed by atoms with van der Waals surface area (Å²) < 4.78 is 0. The molecule has 0 spiro atoms. The van der Waals surface area contributed by atoms with Crippen LogP contribution in [0, 0.1) is 0 Å². The molecule has 0 atom stereocenters. The summed E-state index contributed by atoms with van der Waals surface area (Å²) in [6.07, 6.45) is 2.22. The van der Waals surface area contributed by atoms with E-state index in [9.17, 15) is 0 Å². The predicted molar refractivity (Wildman–Crippen MR) is 104 cm³/mol. The number of aryl methyl sites for hydroxylation is 1. The van der Waals surface area contributed by atoms with Gasteiger partial charge in [-0.25, -0.2) is 4.99 Å². The molecule has 3 aromatic carbocycles. The van der Waals surface area contributed by atoms with Gasteiger partial charge in [0.25, 0.3) is 0 Å². The van der Waals surface area contributed by atoms with E-state index in [1.165, 1.54) is 16.7 Å². The molecule has 1 heterocycles. The maximum Gasteiger partial charge on any atom is 0.136 e. The van der Waals surface area contributed by atoms with E-state index < -0.39 is 0 Å². The molecular formula is C23H22N2. The lowest BCUT2D eigenvalue weighted by molar-refractivity contribution is 0.400. The van der Waals surface area contributed by atoms with Gasteiger partial charge in [-0.3, -0.25) is 0 Å². The molecule has 0 bridgehead atoms. The van der Waals surface area contributed by atoms with Crippen LogP contribution in [0.25, 0.3) is 0 Å². The van der Waals surface area contributed by atoms with Crippen LogP contribution in [0.3, 0.4) is 0 Å². The standard InChI is InChI=1S/C23H22N2/c1-3-10-19(11-4-1)12-9-17-25-18-21-15-7-8-16-22(21)24-23(25)20-13-5-2-6-14-20/h1-8,10-11,13-16H,9,12,17-18H2. The van der Waals surface area contributed by atoms with Crippen molar-refractivity contribution in [1.82, 2.24) is 4.90 Å². The van der Waals surface area contributed by atoms with E-state index in [1.807, 2.05) is 0 Å². The second kappa shape index (κ2) is 7.35. The van der Waals surface area contributed by atoms with Crippen molar-refractivity contribution in [2.45, 2.75) is 19.4 Å². The fraction of sp³-hybridized carbons (Fsp3) is 0.174. The molecule has 1 aliphatic heterocycles. The van der Waals surface area contributed by atoms with E-state index in [4.69, 9.17) is 4.99 Å². The third-order valence-electron chi connectivity index (χ3n) is 4.65. The zero-order valence-electron chi connectivity index (χ0n) is 14.3. The first-order valence-corrected chi connectivity index (χ1v) is 8.91. The summed E-state index contributed by atoms with van der Waals surface area (Å²) in [5.41, 5.74) is 5.00. The van der Waals surface area contributed by atoms with Crippen LogP contribution in [0.5, 0.6) is 0 Å². The van der Waals surface area contributed by atoms with Gasteiger partial charge in [0, 0.05) is 18.7 Å². The van der Waals surface area contributed by atoms with Crippen molar-refractivity contribution in [3.05, 3.63) is 102 Å². The third-order valence-corrected chi connectivity index (χ3v) is 4.65. The summed E-state index contributed by atoms with van der Waals surface area (Å²) in [6, 6.07) is 29.7. The monoisotopic (exact) mass is 326 g/mol. The number of hydrogen-bond acceptors (Lipinski definition) is 2. The van der Waals surface area contributed by atoms with Gasteiger partial charge in [-0.05, 0) is 30.0 Å². The van der Waals surface area contributed by atoms with Crippen LogP contribution in [0.4, 0.5) is 5.69 Å². The van der Waals surface area contributed by atoms with Gasteiger partial charge in [-0.1, -0.05) is 78.9 Å². The highest BCUT2D eigenvalue weighted by molar-refractivity contribution is 6.01. The van der Waals surface area contributed by atoms with Gasteiger partial charge in [0.15, 0.2) is 0 Å². The number of hydrogen-bond donors (Lipinski definition) is 0. The fourth-order valence-corrected chi connectivity index (χ4v) is 3.36. The smallest absolute Gasteiger partial charge is 0.136 e. The van der Waals surface area contributed by atoms with Crippen molar-refractivity contribution in [3.63, 3.8) is 0 Å². The van der Waals surface area contributed by atoms with Gasteiger partial charge in [-0.2, -0.15) is 0 Å². The molecule has 124 valence electrons. The van der Waals surface area contributed by atoms with Crippen LogP contribution in [-0.4, -0.2) is 17.3 Å². The predicted octanol–water partition coefficient (Wildman–Crippen LogP) is 5.21. The third kappa shape index (κ3) is 3.63. The first kappa shape index (κ1) is 15.6. The summed E-state index contributed by atoms with van der Waals surface area (Å²) in [5.74, 6) is 1.09.